The van der Waals surface area contributed by atoms with E-state index in [0.717, 1.165) is 25.9 Å². The molecule has 100 valence electrons. The van der Waals surface area contributed by atoms with Crippen molar-refractivity contribution < 1.29 is 13.3 Å². The van der Waals surface area contributed by atoms with Crippen LogP contribution in [0.2, 0.25) is 0 Å². The number of halogens is 2. The molecule has 1 atom stereocenters. The lowest BCUT2D eigenvalue weighted by Gasteiger charge is -2.18. The maximum absolute atomic E-state index is 13.6. The van der Waals surface area contributed by atoms with Crippen LogP contribution in [0.3, 0.4) is 0 Å². The maximum Gasteiger partial charge on any atom is 0.231 e. The fourth-order valence-corrected chi connectivity index (χ4v) is 2.28. The van der Waals surface area contributed by atoms with Gasteiger partial charge in [-0.3, -0.25) is 0 Å². The summed E-state index contributed by atoms with van der Waals surface area (Å²) in [7, 11) is 0. The van der Waals surface area contributed by atoms with Crippen molar-refractivity contribution in [3.63, 3.8) is 0 Å². The van der Waals surface area contributed by atoms with Gasteiger partial charge >= 0.3 is 0 Å². The van der Waals surface area contributed by atoms with E-state index in [0.29, 0.717) is 5.89 Å². The van der Waals surface area contributed by atoms with Crippen molar-refractivity contribution in [3.05, 3.63) is 35.7 Å². The zero-order valence-corrected chi connectivity index (χ0v) is 10.2. The maximum atomic E-state index is 13.6. The van der Waals surface area contributed by atoms with Gasteiger partial charge in [-0.05, 0) is 31.5 Å². The van der Waals surface area contributed by atoms with Gasteiger partial charge in [-0.25, -0.2) is 8.78 Å². The van der Waals surface area contributed by atoms with E-state index in [1.54, 1.807) is 0 Å². The molecule has 1 aliphatic rings. The van der Waals surface area contributed by atoms with Crippen LogP contribution < -0.4 is 5.32 Å². The number of hydrogen-bond acceptors (Lipinski definition) is 4. The standard InChI is InChI=1S/C13H13F2N3O/c14-9-4-1-5-10(15)11(9)12-17-13(19-18-12)8-3-2-6-16-7-8/h1,4-5,8,16H,2-3,6-7H2/t8-/m0/s1. The highest BCUT2D eigenvalue weighted by molar-refractivity contribution is 5.56. The van der Waals surface area contributed by atoms with E-state index in [1.165, 1.54) is 18.2 Å². The van der Waals surface area contributed by atoms with Crippen molar-refractivity contribution in [1.29, 1.82) is 0 Å². The monoisotopic (exact) mass is 265 g/mol. The summed E-state index contributed by atoms with van der Waals surface area (Å²) in [4.78, 5) is 4.13. The van der Waals surface area contributed by atoms with E-state index >= 15 is 0 Å². The molecule has 2 aromatic rings. The molecular weight excluding hydrogens is 252 g/mol. The number of piperidine rings is 1. The molecule has 0 amide bonds. The molecule has 3 rings (SSSR count). The molecule has 19 heavy (non-hydrogen) atoms. The minimum atomic E-state index is -0.686. The Hall–Kier alpha value is -1.82. The molecule has 0 unspecified atom stereocenters. The first-order valence-electron chi connectivity index (χ1n) is 6.24. The van der Waals surface area contributed by atoms with Crippen LogP contribution in [0.5, 0.6) is 0 Å². The largest absolute Gasteiger partial charge is 0.339 e. The third-order valence-electron chi connectivity index (χ3n) is 3.27. The van der Waals surface area contributed by atoms with Crippen LogP contribution in [0, 0.1) is 11.6 Å². The number of benzene rings is 1. The molecule has 4 nitrogen and oxygen atoms in total. The van der Waals surface area contributed by atoms with Crippen LogP contribution in [-0.2, 0) is 0 Å². The molecular formula is C13H13F2N3O. The van der Waals surface area contributed by atoms with Gasteiger partial charge in [-0.15, -0.1) is 0 Å². The Morgan fingerprint density at radius 2 is 2.05 bits per heavy atom. The fourth-order valence-electron chi connectivity index (χ4n) is 2.28. The predicted octanol–water partition coefficient (Wildman–Crippen LogP) is 2.48. The molecule has 0 aliphatic carbocycles. The van der Waals surface area contributed by atoms with Crippen LogP contribution in [-0.4, -0.2) is 23.2 Å². The van der Waals surface area contributed by atoms with E-state index in [1.807, 2.05) is 0 Å². The van der Waals surface area contributed by atoms with Crippen molar-refractivity contribution >= 4 is 0 Å². The van der Waals surface area contributed by atoms with Gasteiger partial charge in [0.25, 0.3) is 0 Å². The van der Waals surface area contributed by atoms with Crippen LogP contribution in [0.4, 0.5) is 8.78 Å². The van der Waals surface area contributed by atoms with Gasteiger partial charge in [-0.2, -0.15) is 4.98 Å². The van der Waals surface area contributed by atoms with Crippen molar-refractivity contribution in [3.8, 4) is 11.4 Å². The number of aromatic nitrogens is 2. The molecule has 2 heterocycles. The Morgan fingerprint density at radius 1 is 1.26 bits per heavy atom. The van der Waals surface area contributed by atoms with Gasteiger partial charge < -0.3 is 9.84 Å². The molecule has 0 radical (unpaired) electrons. The summed E-state index contributed by atoms with van der Waals surface area (Å²) in [6.45, 7) is 1.72. The van der Waals surface area contributed by atoms with Gasteiger partial charge in [0.2, 0.25) is 11.7 Å². The highest BCUT2D eigenvalue weighted by Crippen LogP contribution is 2.27. The molecule has 6 heteroatoms. The topological polar surface area (TPSA) is 51.0 Å². The van der Waals surface area contributed by atoms with Gasteiger partial charge in [0.1, 0.15) is 11.6 Å². The Kier molecular flexibility index (Phi) is 3.25. The quantitative estimate of drug-likeness (QED) is 0.906. The molecule has 1 N–H and O–H groups in total. The number of nitrogens with zero attached hydrogens (tertiary/aromatic N) is 2. The van der Waals surface area contributed by atoms with Crippen LogP contribution in [0.25, 0.3) is 11.4 Å². The lowest BCUT2D eigenvalue weighted by molar-refractivity contribution is 0.322. The van der Waals surface area contributed by atoms with Crippen molar-refractivity contribution in [2.75, 3.05) is 13.1 Å². The SMILES string of the molecule is Fc1cccc(F)c1-c1noc([C@H]2CCCNC2)n1. The van der Waals surface area contributed by atoms with Crippen molar-refractivity contribution in [1.82, 2.24) is 15.5 Å². The summed E-state index contributed by atoms with van der Waals surface area (Å²) in [6, 6.07) is 3.66. The van der Waals surface area contributed by atoms with Crippen molar-refractivity contribution in [2.45, 2.75) is 18.8 Å². The van der Waals surface area contributed by atoms with E-state index in [2.05, 4.69) is 15.5 Å². The Bertz CT molecular complexity index is 559. The highest BCUT2D eigenvalue weighted by Gasteiger charge is 2.23. The number of hydrogen-bond donors (Lipinski definition) is 1. The molecule has 1 aliphatic heterocycles. The Labute approximate surface area is 108 Å². The molecule has 0 spiro atoms. The zero-order chi connectivity index (χ0) is 13.2. The second kappa shape index (κ2) is 5.05. The van der Waals surface area contributed by atoms with Gasteiger partial charge in [0.15, 0.2) is 0 Å². The summed E-state index contributed by atoms with van der Waals surface area (Å²) in [5, 5.41) is 6.92. The van der Waals surface area contributed by atoms with E-state index in [4.69, 9.17) is 4.52 Å². The predicted molar refractivity (Wildman–Crippen MR) is 64.5 cm³/mol. The lowest BCUT2D eigenvalue weighted by atomic mass is 10.00. The smallest absolute Gasteiger partial charge is 0.231 e. The van der Waals surface area contributed by atoms with Crippen LogP contribution in [0.1, 0.15) is 24.7 Å². The van der Waals surface area contributed by atoms with E-state index < -0.39 is 11.6 Å². The van der Waals surface area contributed by atoms with Gasteiger partial charge in [-0.1, -0.05) is 11.2 Å². The third kappa shape index (κ3) is 2.35. The van der Waals surface area contributed by atoms with Crippen molar-refractivity contribution in [2.24, 2.45) is 0 Å². The first kappa shape index (κ1) is 12.2. The summed E-state index contributed by atoms with van der Waals surface area (Å²) < 4.78 is 32.4. The van der Waals surface area contributed by atoms with Crippen LogP contribution >= 0.6 is 0 Å². The zero-order valence-electron chi connectivity index (χ0n) is 10.2. The van der Waals surface area contributed by atoms with Gasteiger partial charge in [0.05, 0.1) is 11.5 Å². The molecule has 1 aromatic heterocycles. The minimum absolute atomic E-state index is 0.0313. The average Bonchev–Trinajstić information content (AvgIpc) is 2.89. The third-order valence-corrected chi connectivity index (χ3v) is 3.27. The summed E-state index contributed by atoms with van der Waals surface area (Å²) in [5.74, 6) is -0.853. The summed E-state index contributed by atoms with van der Waals surface area (Å²) in [6.07, 6.45) is 1.96. The average molecular weight is 265 g/mol. The van der Waals surface area contributed by atoms with E-state index in [9.17, 15) is 8.78 Å². The normalized spacial score (nSPS) is 19.6. The second-order valence-corrected chi connectivity index (χ2v) is 4.60. The summed E-state index contributed by atoms with van der Waals surface area (Å²) >= 11 is 0. The molecule has 0 saturated carbocycles. The summed E-state index contributed by atoms with van der Waals surface area (Å²) in [5.41, 5.74) is -0.235. The second-order valence-electron chi connectivity index (χ2n) is 4.60. The Morgan fingerprint density at radius 3 is 2.74 bits per heavy atom. The number of rotatable bonds is 2. The number of nitrogens with one attached hydrogen (secondary N) is 1. The highest BCUT2D eigenvalue weighted by atomic mass is 19.1. The molecule has 1 saturated heterocycles. The van der Waals surface area contributed by atoms with Gasteiger partial charge in [0, 0.05) is 6.54 Å². The minimum Gasteiger partial charge on any atom is -0.339 e. The molecule has 1 aromatic carbocycles. The molecule has 0 bridgehead atoms. The Balaban J connectivity index is 1.92. The van der Waals surface area contributed by atoms with E-state index in [-0.39, 0.29) is 17.3 Å². The van der Waals surface area contributed by atoms with Crippen LogP contribution in [0.15, 0.2) is 22.7 Å². The fraction of sp³-hybridized carbons (Fsp3) is 0.385. The molecule has 1 fully saturated rings. The first-order chi connectivity index (χ1) is 9.25. The lowest BCUT2D eigenvalue weighted by Crippen LogP contribution is -2.28. The first-order valence-corrected chi connectivity index (χ1v) is 6.24.